The highest BCUT2D eigenvalue weighted by Crippen LogP contribution is 2.39. The molecular formula is C9H10Br2ClN5. The number of rotatable bonds is 1. The smallest absolute Gasteiger partial charge is 0.223 e. The monoisotopic (exact) mass is 381 g/mol. The lowest BCUT2D eigenvalue weighted by atomic mass is 10.2. The average molecular weight is 383 g/mol. The third-order valence-electron chi connectivity index (χ3n) is 1.85. The molecule has 1 aromatic carbocycles. The van der Waals surface area contributed by atoms with Crippen molar-refractivity contribution in [3.05, 3.63) is 25.6 Å². The van der Waals surface area contributed by atoms with Crippen LogP contribution in [-0.2, 0) is 0 Å². The van der Waals surface area contributed by atoms with Gasteiger partial charge in [-0.1, -0.05) is 11.6 Å². The molecule has 0 aromatic heterocycles. The molecule has 17 heavy (non-hydrogen) atoms. The lowest BCUT2D eigenvalue weighted by molar-refractivity contribution is 1.34. The number of hydrogen-bond acceptors (Lipinski definition) is 1. The van der Waals surface area contributed by atoms with Gasteiger partial charge < -0.3 is 17.2 Å². The summed E-state index contributed by atoms with van der Waals surface area (Å²) in [5.74, 6) is -0.197. The summed E-state index contributed by atoms with van der Waals surface area (Å²) in [5, 5.41) is 0.566. The van der Waals surface area contributed by atoms with Crippen LogP contribution in [0.4, 0.5) is 5.69 Å². The molecule has 1 rings (SSSR count). The number of nitrogens with two attached hydrogens (primary N) is 3. The predicted molar refractivity (Wildman–Crippen MR) is 78.7 cm³/mol. The molecule has 0 spiro atoms. The molecule has 0 aliphatic carbocycles. The maximum Gasteiger partial charge on any atom is 0.223 e. The topological polar surface area (TPSA) is 103 Å². The lowest BCUT2D eigenvalue weighted by Crippen LogP contribution is -2.26. The minimum atomic E-state index is -0.153. The number of hydrogen-bond donors (Lipinski definition) is 3. The Morgan fingerprint density at radius 3 is 2.35 bits per heavy atom. The molecule has 0 heterocycles. The van der Waals surface area contributed by atoms with Crippen LogP contribution in [0.3, 0.4) is 0 Å². The Bertz CT molecular complexity index is 509. The molecule has 92 valence electrons. The van der Waals surface area contributed by atoms with E-state index in [4.69, 9.17) is 28.8 Å². The van der Waals surface area contributed by atoms with Gasteiger partial charge in [0.2, 0.25) is 5.96 Å². The van der Waals surface area contributed by atoms with Crippen LogP contribution in [-0.4, -0.2) is 11.9 Å². The minimum absolute atomic E-state index is 0.0440. The van der Waals surface area contributed by atoms with Gasteiger partial charge in [0.1, 0.15) is 0 Å². The molecule has 8 heteroatoms. The van der Waals surface area contributed by atoms with Gasteiger partial charge in [0.15, 0.2) is 5.96 Å². The third-order valence-corrected chi connectivity index (χ3v) is 4.57. The fourth-order valence-electron chi connectivity index (χ4n) is 1.04. The molecule has 0 radical (unpaired) electrons. The van der Waals surface area contributed by atoms with E-state index in [9.17, 15) is 0 Å². The third kappa shape index (κ3) is 3.58. The van der Waals surface area contributed by atoms with Crippen LogP contribution >= 0.6 is 43.5 Å². The lowest BCUT2D eigenvalue weighted by Gasteiger charge is -2.07. The summed E-state index contributed by atoms with van der Waals surface area (Å²) in [6, 6.07) is 1.67. The number of halogens is 3. The number of nitrogens with zero attached hydrogens (tertiary/aromatic N) is 2. The first kappa shape index (κ1) is 14.3. The predicted octanol–water partition coefficient (Wildman–Crippen LogP) is 2.39. The van der Waals surface area contributed by atoms with Crippen LogP contribution in [0.15, 0.2) is 25.0 Å². The van der Waals surface area contributed by atoms with E-state index in [0.717, 1.165) is 14.5 Å². The Hall–Kier alpha value is -0.790. The van der Waals surface area contributed by atoms with Gasteiger partial charge >= 0.3 is 0 Å². The highest BCUT2D eigenvalue weighted by atomic mass is 79.9. The van der Waals surface area contributed by atoms with Gasteiger partial charge in [-0.05, 0) is 50.4 Å². The van der Waals surface area contributed by atoms with E-state index in [1.54, 1.807) is 6.07 Å². The van der Waals surface area contributed by atoms with E-state index in [1.807, 2.05) is 6.92 Å². The van der Waals surface area contributed by atoms with Gasteiger partial charge in [0.05, 0.1) is 10.2 Å². The van der Waals surface area contributed by atoms with Crippen molar-refractivity contribution < 1.29 is 0 Å². The number of guanidine groups is 2. The largest absolute Gasteiger partial charge is 0.370 e. The first-order chi connectivity index (χ1) is 7.82. The van der Waals surface area contributed by atoms with Crippen LogP contribution in [0.2, 0.25) is 5.02 Å². The van der Waals surface area contributed by atoms with Crippen molar-refractivity contribution >= 4 is 61.1 Å². The van der Waals surface area contributed by atoms with E-state index in [1.165, 1.54) is 0 Å². The molecule has 0 saturated carbocycles. The molecule has 0 aliphatic heterocycles. The molecule has 0 unspecified atom stereocenters. The standard InChI is InChI=1S/C9H10Br2ClN5/c1-3-4(12)2-5(7(11)6(3)10)16-9(15)17-8(13)14/h2H,1H3,(H6,13,14,15,16,17). The average Bonchev–Trinajstić information content (AvgIpc) is 2.21. The second-order valence-electron chi connectivity index (χ2n) is 3.14. The summed E-state index contributed by atoms with van der Waals surface area (Å²) in [7, 11) is 0. The van der Waals surface area contributed by atoms with Gasteiger partial charge in [-0.15, -0.1) is 0 Å². The Labute approximate surface area is 120 Å². The molecular weight excluding hydrogens is 373 g/mol. The quantitative estimate of drug-likeness (QED) is 0.394. The first-order valence-electron chi connectivity index (χ1n) is 4.40. The van der Waals surface area contributed by atoms with Crippen LogP contribution < -0.4 is 17.2 Å². The fourth-order valence-corrected chi connectivity index (χ4v) is 2.26. The zero-order valence-corrected chi connectivity index (χ0v) is 12.8. The highest BCUT2D eigenvalue weighted by Gasteiger charge is 2.10. The van der Waals surface area contributed by atoms with Crippen molar-refractivity contribution in [3.63, 3.8) is 0 Å². The van der Waals surface area contributed by atoms with Crippen LogP contribution in [0.5, 0.6) is 0 Å². The summed E-state index contributed by atoms with van der Waals surface area (Å²) in [5.41, 5.74) is 17.4. The van der Waals surface area contributed by atoms with Crippen molar-refractivity contribution in [1.82, 2.24) is 0 Å². The first-order valence-corrected chi connectivity index (χ1v) is 6.37. The van der Waals surface area contributed by atoms with E-state index < -0.39 is 0 Å². The Morgan fingerprint density at radius 2 is 1.82 bits per heavy atom. The summed E-state index contributed by atoms with van der Waals surface area (Å²) in [6.45, 7) is 1.88. The zero-order chi connectivity index (χ0) is 13.2. The van der Waals surface area contributed by atoms with E-state index in [0.29, 0.717) is 10.7 Å². The van der Waals surface area contributed by atoms with Crippen LogP contribution in [0, 0.1) is 6.92 Å². The zero-order valence-electron chi connectivity index (χ0n) is 8.84. The Kier molecular flexibility index (Phi) is 4.79. The van der Waals surface area contributed by atoms with Gasteiger partial charge in [0, 0.05) is 9.50 Å². The molecule has 0 bridgehead atoms. The summed E-state index contributed by atoms with van der Waals surface area (Å²) in [6.07, 6.45) is 0. The molecule has 6 N–H and O–H groups in total. The number of aliphatic imine (C=N–C) groups is 2. The van der Waals surface area contributed by atoms with Gasteiger partial charge in [-0.25, -0.2) is 4.99 Å². The summed E-state index contributed by atoms with van der Waals surface area (Å²) < 4.78 is 1.54. The summed E-state index contributed by atoms with van der Waals surface area (Å²) >= 11 is 12.8. The van der Waals surface area contributed by atoms with Crippen molar-refractivity contribution in [2.75, 3.05) is 0 Å². The molecule has 0 amide bonds. The minimum Gasteiger partial charge on any atom is -0.370 e. The Morgan fingerprint density at radius 1 is 1.24 bits per heavy atom. The summed E-state index contributed by atoms with van der Waals surface area (Å²) in [4.78, 5) is 7.66. The molecule has 0 fully saturated rings. The molecule has 0 saturated heterocycles. The van der Waals surface area contributed by atoms with Crippen molar-refractivity contribution in [2.45, 2.75) is 6.92 Å². The highest BCUT2D eigenvalue weighted by molar-refractivity contribution is 9.13. The fraction of sp³-hybridized carbons (Fsp3) is 0.111. The van der Waals surface area contributed by atoms with Gasteiger partial charge in [-0.2, -0.15) is 4.99 Å². The van der Waals surface area contributed by atoms with Crippen LogP contribution in [0.1, 0.15) is 5.56 Å². The molecule has 0 atom stereocenters. The van der Waals surface area contributed by atoms with E-state index in [-0.39, 0.29) is 11.9 Å². The SMILES string of the molecule is Cc1c(Cl)cc(N=C(N)N=C(N)N)c(Br)c1Br. The maximum absolute atomic E-state index is 6.03. The van der Waals surface area contributed by atoms with Crippen molar-refractivity contribution in [2.24, 2.45) is 27.2 Å². The van der Waals surface area contributed by atoms with Gasteiger partial charge in [-0.3, -0.25) is 0 Å². The van der Waals surface area contributed by atoms with Crippen LogP contribution in [0.25, 0.3) is 0 Å². The second kappa shape index (κ2) is 5.70. The number of benzene rings is 1. The second-order valence-corrected chi connectivity index (χ2v) is 5.13. The molecule has 1 aromatic rings. The van der Waals surface area contributed by atoms with Crippen molar-refractivity contribution in [3.8, 4) is 0 Å². The maximum atomic E-state index is 6.03. The normalized spacial score (nSPS) is 11.4. The molecule has 5 nitrogen and oxygen atoms in total. The van der Waals surface area contributed by atoms with E-state index in [2.05, 4.69) is 41.8 Å². The van der Waals surface area contributed by atoms with E-state index >= 15 is 0 Å². The molecule has 0 aliphatic rings. The van der Waals surface area contributed by atoms with Crippen molar-refractivity contribution in [1.29, 1.82) is 0 Å². The Balaban J connectivity index is 3.30. The van der Waals surface area contributed by atoms with Gasteiger partial charge in [0.25, 0.3) is 0 Å².